The van der Waals surface area contributed by atoms with Crippen LogP contribution in [0.25, 0.3) is 0 Å². The molecule has 1 N–H and O–H groups in total. The Bertz CT molecular complexity index is 1080. The Morgan fingerprint density at radius 3 is 2.34 bits per heavy atom. The number of nitrogens with zero attached hydrogens (tertiary/aromatic N) is 1. The van der Waals surface area contributed by atoms with Crippen molar-refractivity contribution in [3.8, 4) is 0 Å². The number of hydrogen-bond donors (Lipinski definition) is 1. The summed E-state index contributed by atoms with van der Waals surface area (Å²) in [6.45, 7) is 0.0768. The van der Waals surface area contributed by atoms with E-state index < -0.39 is 34.8 Å². The predicted octanol–water partition coefficient (Wildman–Crippen LogP) is 4.80. The number of amides is 2. The van der Waals surface area contributed by atoms with Crippen molar-refractivity contribution in [3.63, 3.8) is 0 Å². The fraction of sp³-hybridized carbons (Fsp3) is 0.440. The molecule has 2 heterocycles. The Morgan fingerprint density at radius 2 is 1.77 bits per heavy atom. The first-order chi connectivity index (χ1) is 16.6. The van der Waals surface area contributed by atoms with Gasteiger partial charge in [0.05, 0.1) is 0 Å². The molecule has 0 radical (unpaired) electrons. The summed E-state index contributed by atoms with van der Waals surface area (Å²) in [6.07, 6.45) is -4.51. The molecular formula is C25H25ClF4N2O3. The Labute approximate surface area is 205 Å². The van der Waals surface area contributed by atoms with Crippen LogP contribution in [0.4, 0.5) is 17.6 Å². The quantitative estimate of drug-likeness (QED) is 0.599. The molecule has 188 valence electrons. The van der Waals surface area contributed by atoms with Gasteiger partial charge in [-0.3, -0.25) is 9.59 Å². The molecule has 1 unspecified atom stereocenters. The summed E-state index contributed by atoms with van der Waals surface area (Å²) in [6, 6.07) is 11.1. The molecule has 0 bridgehead atoms. The van der Waals surface area contributed by atoms with E-state index in [1.807, 2.05) is 0 Å². The zero-order chi connectivity index (χ0) is 25.4. The molecule has 2 aliphatic heterocycles. The number of ether oxygens (including phenoxy) is 1. The summed E-state index contributed by atoms with van der Waals surface area (Å²) in [5, 5.41) is 2.98. The highest BCUT2D eigenvalue weighted by Crippen LogP contribution is 2.52. The second kappa shape index (κ2) is 9.43. The molecule has 5 nitrogen and oxygen atoms in total. The largest absolute Gasteiger partial charge is 0.430 e. The topological polar surface area (TPSA) is 58.6 Å². The first-order valence-corrected chi connectivity index (χ1v) is 11.6. The minimum absolute atomic E-state index is 0.0390. The summed E-state index contributed by atoms with van der Waals surface area (Å²) in [4.78, 5) is 26.9. The summed E-state index contributed by atoms with van der Waals surface area (Å²) >= 11 is 6.32. The van der Waals surface area contributed by atoms with E-state index in [9.17, 15) is 27.2 Å². The van der Waals surface area contributed by atoms with Crippen molar-refractivity contribution in [1.82, 2.24) is 10.2 Å². The first-order valence-electron chi connectivity index (χ1n) is 11.2. The number of methoxy groups -OCH3 is 1. The second-order valence-electron chi connectivity index (χ2n) is 9.07. The maximum Gasteiger partial charge on any atom is 0.430 e. The molecule has 2 fully saturated rings. The molecule has 2 aromatic rings. The van der Waals surface area contributed by atoms with Gasteiger partial charge in [-0.15, -0.1) is 0 Å². The molecule has 0 aromatic heterocycles. The molecule has 0 aliphatic carbocycles. The van der Waals surface area contributed by atoms with Gasteiger partial charge in [-0.2, -0.15) is 13.2 Å². The number of halogens is 5. The van der Waals surface area contributed by atoms with E-state index in [4.69, 9.17) is 16.3 Å². The molecule has 2 aromatic carbocycles. The van der Waals surface area contributed by atoms with Crippen molar-refractivity contribution < 1.29 is 31.9 Å². The average Bonchev–Trinajstić information content (AvgIpc) is 2.81. The lowest BCUT2D eigenvalue weighted by atomic mass is 9.62. The third-order valence-electron chi connectivity index (χ3n) is 7.34. The van der Waals surface area contributed by atoms with Gasteiger partial charge in [0.25, 0.3) is 11.5 Å². The molecule has 2 amide bonds. The van der Waals surface area contributed by atoms with Crippen LogP contribution in [0.5, 0.6) is 0 Å². The summed E-state index contributed by atoms with van der Waals surface area (Å²) < 4.78 is 62.8. The average molecular weight is 513 g/mol. The number of likely N-dealkylation sites (tertiary alicyclic amines) is 1. The van der Waals surface area contributed by atoms with Crippen molar-refractivity contribution in [2.45, 2.75) is 37.0 Å². The van der Waals surface area contributed by atoms with E-state index in [1.165, 1.54) is 36.4 Å². The third-order valence-corrected chi connectivity index (χ3v) is 7.67. The zero-order valence-corrected chi connectivity index (χ0v) is 19.8. The van der Waals surface area contributed by atoms with E-state index in [-0.39, 0.29) is 61.0 Å². The van der Waals surface area contributed by atoms with Gasteiger partial charge >= 0.3 is 6.18 Å². The second-order valence-corrected chi connectivity index (χ2v) is 9.48. The van der Waals surface area contributed by atoms with Crippen molar-refractivity contribution >= 4 is 23.4 Å². The van der Waals surface area contributed by atoms with Crippen LogP contribution < -0.4 is 5.32 Å². The van der Waals surface area contributed by atoms with Crippen LogP contribution in [0, 0.1) is 11.2 Å². The Hall–Kier alpha value is -2.65. The van der Waals surface area contributed by atoms with Crippen molar-refractivity contribution in [2.24, 2.45) is 5.41 Å². The Kier molecular flexibility index (Phi) is 6.85. The van der Waals surface area contributed by atoms with Crippen molar-refractivity contribution in [3.05, 3.63) is 70.5 Å². The van der Waals surface area contributed by atoms with Crippen molar-refractivity contribution in [2.75, 3.05) is 26.7 Å². The SMILES string of the molecule is CO[C@@](C(=O)N1CCC2(CC1)CC(=O)NCC2c1c(F)cccc1Cl)(c1ccccc1)C(F)(F)F. The monoisotopic (exact) mass is 512 g/mol. The van der Waals surface area contributed by atoms with Crippen LogP contribution in [0.1, 0.15) is 36.3 Å². The maximum atomic E-state index is 14.8. The van der Waals surface area contributed by atoms with Gasteiger partial charge in [-0.1, -0.05) is 48.0 Å². The van der Waals surface area contributed by atoms with Crippen LogP contribution in [0.15, 0.2) is 48.5 Å². The smallest absolute Gasteiger partial charge is 0.356 e. The Morgan fingerprint density at radius 1 is 1.11 bits per heavy atom. The molecule has 2 atom stereocenters. The van der Waals surface area contributed by atoms with Gasteiger partial charge < -0.3 is 15.0 Å². The fourth-order valence-corrected chi connectivity index (χ4v) is 5.79. The van der Waals surface area contributed by atoms with Gasteiger partial charge in [-0.25, -0.2) is 4.39 Å². The molecular weight excluding hydrogens is 488 g/mol. The van der Waals surface area contributed by atoms with E-state index >= 15 is 0 Å². The lowest BCUT2D eigenvalue weighted by Crippen LogP contribution is -2.60. The van der Waals surface area contributed by atoms with Crippen LogP contribution in [-0.4, -0.2) is 49.6 Å². The van der Waals surface area contributed by atoms with E-state index in [0.29, 0.717) is 0 Å². The molecule has 1 spiro atoms. The molecule has 35 heavy (non-hydrogen) atoms. The standard InChI is InChI=1S/C25H25ClF4N2O3/c1-35-24(25(28,29)30,16-6-3-2-4-7-16)22(34)32-12-10-23(11-13-32)14-20(33)31-15-17(23)21-18(26)8-5-9-19(21)27/h2-9,17H,10-15H2,1H3,(H,31,33)/t17?,24-/m1/s1. The summed E-state index contributed by atoms with van der Waals surface area (Å²) in [5.74, 6) is -2.42. The van der Waals surface area contributed by atoms with Gasteiger partial charge in [0, 0.05) is 55.2 Å². The Balaban J connectivity index is 1.65. The highest BCUT2D eigenvalue weighted by atomic mass is 35.5. The summed E-state index contributed by atoms with van der Waals surface area (Å²) in [5.41, 5.74) is -3.93. The van der Waals surface area contributed by atoms with Crippen LogP contribution in [0.3, 0.4) is 0 Å². The number of alkyl halides is 3. The van der Waals surface area contributed by atoms with Crippen LogP contribution >= 0.6 is 11.6 Å². The minimum Gasteiger partial charge on any atom is -0.356 e. The highest BCUT2D eigenvalue weighted by molar-refractivity contribution is 6.31. The molecule has 0 saturated carbocycles. The number of nitrogens with one attached hydrogen (secondary N) is 1. The van der Waals surface area contributed by atoms with Gasteiger partial charge in [0.2, 0.25) is 5.91 Å². The van der Waals surface area contributed by atoms with E-state index in [2.05, 4.69) is 5.32 Å². The number of benzene rings is 2. The number of carbonyl (C=O) groups excluding carboxylic acids is 2. The molecule has 2 saturated heterocycles. The number of hydrogen-bond acceptors (Lipinski definition) is 3. The van der Waals surface area contributed by atoms with Gasteiger partial charge in [0.1, 0.15) is 5.82 Å². The number of carbonyl (C=O) groups is 2. The first kappa shape index (κ1) is 25.4. The predicted molar refractivity (Wildman–Crippen MR) is 121 cm³/mol. The van der Waals surface area contributed by atoms with Crippen LogP contribution in [-0.2, 0) is 19.9 Å². The number of rotatable bonds is 4. The van der Waals surface area contributed by atoms with Gasteiger partial charge in [0.15, 0.2) is 0 Å². The highest BCUT2D eigenvalue weighted by Gasteiger charge is 2.64. The van der Waals surface area contributed by atoms with Gasteiger partial charge in [-0.05, 0) is 30.4 Å². The van der Waals surface area contributed by atoms with E-state index in [1.54, 1.807) is 12.1 Å². The normalized spacial score (nSPS) is 21.9. The molecule has 4 rings (SSSR count). The summed E-state index contributed by atoms with van der Waals surface area (Å²) in [7, 11) is 0.867. The maximum absolute atomic E-state index is 14.8. The lowest BCUT2D eigenvalue weighted by Gasteiger charge is -2.50. The zero-order valence-electron chi connectivity index (χ0n) is 19.0. The molecule has 10 heteroatoms. The van der Waals surface area contributed by atoms with Crippen LogP contribution in [0.2, 0.25) is 5.02 Å². The molecule has 2 aliphatic rings. The fourth-order valence-electron chi connectivity index (χ4n) is 5.49. The lowest BCUT2D eigenvalue weighted by molar-refractivity contribution is -0.271. The minimum atomic E-state index is -5.01. The third kappa shape index (κ3) is 4.29. The number of piperidine rings is 2. The van der Waals surface area contributed by atoms with Crippen molar-refractivity contribution in [1.29, 1.82) is 0 Å². The van der Waals surface area contributed by atoms with E-state index in [0.717, 1.165) is 12.0 Å².